The zero-order chi connectivity index (χ0) is 15.6. The van der Waals surface area contributed by atoms with Crippen LogP contribution in [0.3, 0.4) is 0 Å². The van der Waals surface area contributed by atoms with E-state index in [2.05, 4.69) is 5.32 Å². The Morgan fingerprint density at radius 3 is 2.35 bits per heavy atom. The molecular formula is C13H24N2O4S. The molecular weight excluding hydrogens is 280 g/mol. The van der Waals surface area contributed by atoms with Gasteiger partial charge in [0, 0.05) is 12.3 Å². The van der Waals surface area contributed by atoms with E-state index in [1.54, 1.807) is 20.8 Å². The van der Waals surface area contributed by atoms with E-state index >= 15 is 0 Å². The summed E-state index contributed by atoms with van der Waals surface area (Å²) in [7, 11) is -3.17. The molecule has 0 saturated carbocycles. The van der Waals surface area contributed by atoms with Crippen LogP contribution in [0.15, 0.2) is 0 Å². The molecule has 1 saturated heterocycles. The highest BCUT2D eigenvalue weighted by atomic mass is 32.2. The molecule has 1 aliphatic rings. The molecule has 0 spiro atoms. The second-order valence-electron chi connectivity index (χ2n) is 5.60. The summed E-state index contributed by atoms with van der Waals surface area (Å²) in [4.78, 5) is 25.9. The number of amides is 2. The molecule has 6 nitrogen and oxygen atoms in total. The molecule has 2 amide bonds. The largest absolute Gasteiger partial charge is 0.342 e. The summed E-state index contributed by atoms with van der Waals surface area (Å²) in [6.07, 6.45) is 1.34. The van der Waals surface area contributed by atoms with Crippen LogP contribution >= 0.6 is 0 Å². The molecule has 1 unspecified atom stereocenters. The number of carbonyl (C=O) groups is 2. The summed E-state index contributed by atoms with van der Waals surface area (Å²) in [6, 6.07) is -0.537. The fourth-order valence-electron chi connectivity index (χ4n) is 2.23. The van der Waals surface area contributed by atoms with Crippen LogP contribution in [0.4, 0.5) is 0 Å². The minimum Gasteiger partial charge on any atom is -0.342 e. The van der Waals surface area contributed by atoms with Crippen molar-refractivity contribution in [1.82, 2.24) is 10.2 Å². The second kappa shape index (κ2) is 6.11. The third kappa shape index (κ3) is 3.50. The average molecular weight is 304 g/mol. The van der Waals surface area contributed by atoms with Gasteiger partial charge in [-0.05, 0) is 20.3 Å². The van der Waals surface area contributed by atoms with Crippen molar-refractivity contribution in [3.8, 4) is 0 Å². The zero-order valence-electron chi connectivity index (χ0n) is 12.6. The topological polar surface area (TPSA) is 83.6 Å². The standard InChI is InChI=1S/C13H24N2O4S/c1-5-7-10-11(16)15(8-9-20(18,19)6-2)13(3,4)12(17)14-10/h10H,5-9H2,1-4H3,(H,14,17). The molecule has 1 heterocycles. The summed E-state index contributed by atoms with van der Waals surface area (Å²) < 4.78 is 23.2. The number of rotatable bonds is 6. The molecule has 0 aromatic heterocycles. The number of hydrogen-bond acceptors (Lipinski definition) is 4. The Morgan fingerprint density at radius 2 is 1.85 bits per heavy atom. The van der Waals surface area contributed by atoms with Crippen LogP contribution in [0.1, 0.15) is 40.5 Å². The number of nitrogens with one attached hydrogen (secondary N) is 1. The molecule has 0 aromatic carbocycles. The number of nitrogens with zero attached hydrogens (tertiary/aromatic N) is 1. The smallest absolute Gasteiger partial charge is 0.246 e. The Hall–Kier alpha value is -1.11. The highest BCUT2D eigenvalue weighted by Crippen LogP contribution is 2.22. The number of sulfone groups is 1. The maximum atomic E-state index is 12.4. The van der Waals surface area contributed by atoms with E-state index < -0.39 is 21.4 Å². The van der Waals surface area contributed by atoms with Crippen LogP contribution in [-0.4, -0.2) is 54.8 Å². The minimum absolute atomic E-state index is 0.0417. The van der Waals surface area contributed by atoms with Gasteiger partial charge in [0.25, 0.3) is 0 Å². The minimum atomic E-state index is -3.17. The van der Waals surface area contributed by atoms with Gasteiger partial charge in [0.1, 0.15) is 11.6 Å². The van der Waals surface area contributed by atoms with E-state index in [4.69, 9.17) is 0 Å². The number of piperazine rings is 1. The first kappa shape index (κ1) is 16.9. The zero-order valence-corrected chi connectivity index (χ0v) is 13.4. The fourth-order valence-corrected chi connectivity index (χ4v) is 2.98. The maximum Gasteiger partial charge on any atom is 0.246 e. The Balaban J connectivity index is 2.92. The third-order valence-corrected chi connectivity index (χ3v) is 5.43. The van der Waals surface area contributed by atoms with Crippen LogP contribution in [-0.2, 0) is 19.4 Å². The van der Waals surface area contributed by atoms with Crippen LogP contribution in [0.5, 0.6) is 0 Å². The fraction of sp³-hybridized carbons (Fsp3) is 0.846. The highest BCUT2D eigenvalue weighted by Gasteiger charge is 2.45. The molecule has 116 valence electrons. The second-order valence-corrected chi connectivity index (χ2v) is 8.07. The van der Waals surface area contributed by atoms with Crippen molar-refractivity contribution in [3.63, 3.8) is 0 Å². The van der Waals surface area contributed by atoms with Crippen LogP contribution in [0.25, 0.3) is 0 Å². The van der Waals surface area contributed by atoms with Crippen LogP contribution in [0, 0.1) is 0 Å². The van der Waals surface area contributed by atoms with E-state index in [1.165, 1.54) is 4.90 Å². The molecule has 0 radical (unpaired) electrons. The SMILES string of the molecule is CCCC1NC(=O)C(C)(C)N(CCS(=O)(=O)CC)C1=O. The Morgan fingerprint density at radius 1 is 1.25 bits per heavy atom. The van der Waals surface area contributed by atoms with Crippen molar-refractivity contribution in [1.29, 1.82) is 0 Å². The summed E-state index contributed by atoms with van der Waals surface area (Å²) >= 11 is 0. The molecule has 1 rings (SSSR count). The Labute approximate surface area is 120 Å². The summed E-state index contributed by atoms with van der Waals surface area (Å²) in [6.45, 7) is 6.85. The predicted molar refractivity (Wildman–Crippen MR) is 77.0 cm³/mol. The van der Waals surface area contributed by atoms with E-state index in [1.807, 2.05) is 6.92 Å². The van der Waals surface area contributed by atoms with E-state index in [0.29, 0.717) is 6.42 Å². The van der Waals surface area contributed by atoms with Gasteiger partial charge >= 0.3 is 0 Å². The summed E-state index contributed by atoms with van der Waals surface area (Å²) in [5, 5.41) is 2.72. The van der Waals surface area contributed by atoms with Crippen molar-refractivity contribution in [2.24, 2.45) is 0 Å². The lowest BCUT2D eigenvalue weighted by Gasteiger charge is -2.44. The molecule has 0 bridgehead atoms. The third-order valence-electron chi connectivity index (χ3n) is 3.74. The van der Waals surface area contributed by atoms with E-state index in [9.17, 15) is 18.0 Å². The highest BCUT2D eigenvalue weighted by molar-refractivity contribution is 7.91. The van der Waals surface area contributed by atoms with Gasteiger partial charge in [0.05, 0.1) is 5.75 Å². The molecule has 0 aliphatic carbocycles. The normalized spacial score (nSPS) is 22.8. The predicted octanol–water partition coefficient (Wildman–Crippen LogP) is 0.327. The van der Waals surface area contributed by atoms with Gasteiger partial charge < -0.3 is 10.2 Å². The summed E-state index contributed by atoms with van der Waals surface area (Å²) in [5.74, 6) is -0.489. The molecule has 7 heteroatoms. The van der Waals surface area contributed by atoms with Gasteiger partial charge in [-0.25, -0.2) is 8.42 Å². The lowest BCUT2D eigenvalue weighted by molar-refractivity contribution is -0.155. The molecule has 20 heavy (non-hydrogen) atoms. The van der Waals surface area contributed by atoms with Gasteiger partial charge in [0.2, 0.25) is 11.8 Å². The van der Waals surface area contributed by atoms with Crippen molar-refractivity contribution < 1.29 is 18.0 Å². The molecule has 1 aliphatic heterocycles. The lowest BCUT2D eigenvalue weighted by Crippen LogP contribution is -2.68. The van der Waals surface area contributed by atoms with E-state index in [0.717, 1.165) is 6.42 Å². The molecule has 0 aromatic rings. The van der Waals surface area contributed by atoms with Gasteiger partial charge in [0.15, 0.2) is 9.84 Å². The van der Waals surface area contributed by atoms with Gasteiger partial charge in [-0.15, -0.1) is 0 Å². The Kier molecular flexibility index (Phi) is 5.18. The quantitative estimate of drug-likeness (QED) is 0.766. The molecule has 1 N–H and O–H groups in total. The van der Waals surface area contributed by atoms with Crippen molar-refractivity contribution in [3.05, 3.63) is 0 Å². The maximum absolute atomic E-state index is 12.4. The number of hydrogen-bond donors (Lipinski definition) is 1. The van der Waals surface area contributed by atoms with Crippen LogP contribution < -0.4 is 5.32 Å². The van der Waals surface area contributed by atoms with Crippen LogP contribution in [0.2, 0.25) is 0 Å². The summed E-state index contributed by atoms with van der Waals surface area (Å²) in [5.41, 5.74) is -1.01. The van der Waals surface area contributed by atoms with Crippen molar-refractivity contribution >= 4 is 21.7 Å². The molecule has 1 fully saturated rings. The van der Waals surface area contributed by atoms with Gasteiger partial charge in [-0.1, -0.05) is 20.3 Å². The van der Waals surface area contributed by atoms with Gasteiger partial charge in [-0.2, -0.15) is 0 Å². The lowest BCUT2D eigenvalue weighted by atomic mass is 9.94. The van der Waals surface area contributed by atoms with E-state index in [-0.39, 0.29) is 29.9 Å². The van der Waals surface area contributed by atoms with Crippen molar-refractivity contribution in [2.45, 2.75) is 52.1 Å². The first-order chi connectivity index (χ1) is 9.15. The number of carbonyl (C=O) groups excluding carboxylic acids is 2. The van der Waals surface area contributed by atoms with Crippen molar-refractivity contribution in [2.75, 3.05) is 18.1 Å². The Bertz CT molecular complexity index is 485. The first-order valence-corrected chi connectivity index (χ1v) is 8.80. The first-order valence-electron chi connectivity index (χ1n) is 6.98. The van der Waals surface area contributed by atoms with Gasteiger partial charge in [-0.3, -0.25) is 9.59 Å². The molecule has 1 atom stereocenters. The monoisotopic (exact) mass is 304 g/mol. The average Bonchev–Trinajstić information content (AvgIpc) is 2.36.